The lowest BCUT2D eigenvalue weighted by Crippen LogP contribution is -2.30. The lowest BCUT2D eigenvalue weighted by molar-refractivity contribution is -0.117. The molecule has 0 unspecified atom stereocenters. The second kappa shape index (κ2) is 7.75. The number of aromatic nitrogens is 1. The SMILES string of the molecule is Cc1cccc(CC(=O)Cc2ccc(N3CCc4ccncc4C3)cc2)c1. The standard InChI is InChI=1S/C24H24N2O/c1-18-3-2-4-20(13-18)15-24(27)14-19-5-7-23(8-6-19)26-12-10-21-9-11-25-16-22(21)17-26/h2-9,11,13,16H,10,12,14-15,17H2,1H3. The first-order chi connectivity index (χ1) is 13.2. The molecular formula is C24H24N2O. The minimum Gasteiger partial charge on any atom is -0.367 e. The van der Waals surface area contributed by atoms with Gasteiger partial charge in [-0.1, -0.05) is 42.0 Å². The molecule has 2 heterocycles. The van der Waals surface area contributed by atoms with Crippen LogP contribution >= 0.6 is 0 Å². The fraction of sp³-hybridized carbons (Fsp3) is 0.250. The molecule has 2 aromatic carbocycles. The van der Waals surface area contributed by atoms with Gasteiger partial charge in [-0.2, -0.15) is 0 Å². The van der Waals surface area contributed by atoms with Crippen molar-refractivity contribution in [3.8, 4) is 0 Å². The van der Waals surface area contributed by atoms with Crippen molar-refractivity contribution in [1.29, 1.82) is 0 Å². The van der Waals surface area contributed by atoms with E-state index in [9.17, 15) is 4.79 Å². The van der Waals surface area contributed by atoms with E-state index >= 15 is 0 Å². The van der Waals surface area contributed by atoms with Crippen molar-refractivity contribution in [1.82, 2.24) is 4.98 Å². The molecule has 0 fully saturated rings. The zero-order valence-corrected chi connectivity index (χ0v) is 15.7. The van der Waals surface area contributed by atoms with Crippen LogP contribution in [0.2, 0.25) is 0 Å². The molecule has 27 heavy (non-hydrogen) atoms. The Kier molecular flexibility index (Phi) is 5.01. The molecule has 3 heteroatoms. The van der Waals surface area contributed by atoms with Crippen LogP contribution in [0.15, 0.2) is 67.0 Å². The van der Waals surface area contributed by atoms with Crippen molar-refractivity contribution >= 4 is 11.5 Å². The van der Waals surface area contributed by atoms with Gasteiger partial charge in [0, 0.05) is 44.0 Å². The number of carbonyl (C=O) groups excluding carboxylic acids is 1. The van der Waals surface area contributed by atoms with Crippen LogP contribution in [0.3, 0.4) is 0 Å². The Bertz CT molecular complexity index is 947. The van der Waals surface area contributed by atoms with E-state index in [0.717, 1.165) is 30.6 Å². The van der Waals surface area contributed by atoms with Crippen LogP contribution in [-0.2, 0) is 30.6 Å². The highest BCUT2D eigenvalue weighted by atomic mass is 16.1. The van der Waals surface area contributed by atoms with E-state index in [1.54, 1.807) is 0 Å². The second-order valence-corrected chi connectivity index (χ2v) is 7.36. The van der Waals surface area contributed by atoms with Gasteiger partial charge in [0.2, 0.25) is 0 Å². The fourth-order valence-electron chi connectivity index (χ4n) is 3.77. The van der Waals surface area contributed by atoms with Crippen LogP contribution in [-0.4, -0.2) is 17.3 Å². The lowest BCUT2D eigenvalue weighted by atomic mass is 10.00. The van der Waals surface area contributed by atoms with E-state index in [1.807, 2.05) is 24.5 Å². The molecule has 0 amide bonds. The molecule has 136 valence electrons. The van der Waals surface area contributed by atoms with E-state index in [2.05, 4.69) is 59.3 Å². The maximum atomic E-state index is 12.4. The summed E-state index contributed by atoms with van der Waals surface area (Å²) in [6.45, 7) is 3.97. The normalized spacial score (nSPS) is 13.3. The van der Waals surface area contributed by atoms with Crippen LogP contribution < -0.4 is 4.90 Å². The third-order valence-electron chi connectivity index (χ3n) is 5.20. The average molecular weight is 356 g/mol. The second-order valence-electron chi connectivity index (χ2n) is 7.36. The number of benzene rings is 2. The Morgan fingerprint density at radius 1 is 1.00 bits per heavy atom. The quantitative estimate of drug-likeness (QED) is 0.683. The van der Waals surface area contributed by atoms with Crippen molar-refractivity contribution in [2.24, 2.45) is 0 Å². The van der Waals surface area contributed by atoms with Crippen LogP contribution in [0.1, 0.15) is 27.8 Å². The molecule has 0 saturated heterocycles. The summed E-state index contributed by atoms with van der Waals surface area (Å²) in [6.07, 6.45) is 5.88. The van der Waals surface area contributed by atoms with E-state index in [4.69, 9.17) is 0 Å². The molecule has 0 aliphatic carbocycles. The number of anilines is 1. The molecule has 0 N–H and O–H groups in total. The fourth-order valence-corrected chi connectivity index (χ4v) is 3.77. The van der Waals surface area contributed by atoms with Crippen LogP contribution in [0, 0.1) is 6.92 Å². The highest BCUT2D eigenvalue weighted by Gasteiger charge is 2.16. The summed E-state index contributed by atoms with van der Waals surface area (Å²) >= 11 is 0. The van der Waals surface area contributed by atoms with Gasteiger partial charge in [0.1, 0.15) is 5.78 Å². The molecule has 0 atom stereocenters. The molecule has 1 aliphatic rings. The minimum atomic E-state index is 0.256. The Morgan fingerprint density at radius 3 is 2.63 bits per heavy atom. The summed E-state index contributed by atoms with van der Waals surface area (Å²) in [5.74, 6) is 0.256. The van der Waals surface area contributed by atoms with Gasteiger partial charge >= 0.3 is 0 Å². The highest BCUT2D eigenvalue weighted by Crippen LogP contribution is 2.24. The number of hydrogen-bond donors (Lipinski definition) is 0. The van der Waals surface area contributed by atoms with E-state index in [1.165, 1.54) is 22.4 Å². The summed E-state index contributed by atoms with van der Waals surface area (Å²) in [6, 6.07) is 18.7. The largest absolute Gasteiger partial charge is 0.367 e. The average Bonchev–Trinajstić information content (AvgIpc) is 2.68. The molecule has 3 aromatic rings. The summed E-state index contributed by atoms with van der Waals surface area (Å²) < 4.78 is 0. The zero-order valence-electron chi connectivity index (χ0n) is 15.7. The topological polar surface area (TPSA) is 33.2 Å². The first kappa shape index (κ1) is 17.5. The molecule has 1 aromatic heterocycles. The lowest BCUT2D eigenvalue weighted by Gasteiger charge is -2.30. The summed E-state index contributed by atoms with van der Waals surface area (Å²) in [5, 5.41) is 0. The minimum absolute atomic E-state index is 0.256. The molecule has 0 radical (unpaired) electrons. The number of ketones is 1. The first-order valence-electron chi connectivity index (χ1n) is 9.50. The molecule has 0 spiro atoms. The van der Waals surface area contributed by atoms with Crippen molar-refractivity contribution in [3.63, 3.8) is 0 Å². The monoisotopic (exact) mass is 356 g/mol. The Labute approximate surface area is 160 Å². The molecule has 0 saturated carbocycles. The number of carbonyl (C=O) groups is 1. The third-order valence-corrected chi connectivity index (χ3v) is 5.20. The highest BCUT2D eigenvalue weighted by molar-refractivity contribution is 5.83. The number of rotatable bonds is 5. The molecule has 4 rings (SSSR count). The Hall–Kier alpha value is -2.94. The smallest absolute Gasteiger partial charge is 0.141 e. The summed E-state index contributed by atoms with van der Waals surface area (Å²) in [7, 11) is 0. The van der Waals surface area contributed by atoms with E-state index < -0.39 is 0 Å². The van der Waals surface area contributed by atoms with Gasteiger partial charge in [0.15, 0.2) is 0 Å². The van der Waals surface area contributed by atoms with Crippen LogP contribution in [0.4, 0.5) is 5.69 Å². The number of Topliss-reactive ketones (excluding diaryl/α,β-unsaturated/α-hetero) is 1. The van der Waals surface area contributed by atoms with Crippen molar-refractivity contribution in [2.45, 2.75) is 32.7 Å². The van der Waals surface area contributed by atoms with Crippen molar-refractivity contribution in [2.75, 3.05) is 11.4 Å². The maximum absolute atomic E-state index is 12.4. The van der Waals surface area contributed by atoms with Crippen molar-refractivity contribution in [3.05, 3.63) is 94.8 Å². The predicted octanol–water partition coefficient (Wildman–Crippen LogP) is 4.31. The van der Waals surface area contributed by atoms with Gasteiger partial charge in [-0.05, 0) is 53.8 Å². The Morgan fingerprint density at radius 2 is 1.81 bits per heavy atom. The van der Waals surface area contributed by atoms with E-state index in [-0.39, 0.29) is 5.78 Å². The van der Waals surface area contributed by atoms with Gasteiger partial charge in [-0.25, -0.2) is 0 Å². The summed E-state index contributed by atoms with van der Waals surface area (Å²) in [5.41, 5.74) is 7.29. The van der Waals surface area contributed by atoms with E-state index in [0.29, 0.717) is 12.8 Å². The van der Waals surface area contributed by atoms with Gasteiger partial charge in [-0.3, -0.25) is 9.78 Å². The van der Waals surface area contributed by atoms with Gasteiger partial charge < -0.3 is 4.90 Å². The predicted molar refractivity (Wildman–Crippen MR) is 109 cm³/mol. The molecule has 3 nitrogen and oxygen atoms in total. The van der Waals surface area contributed by atoms with Crippen LogP contribution in [0.5, 0.6) is 0 Å². The van der Waals surface area contributed by atoms with Crippen LogP contribution in [0.25, 0.3) is 0 Å². The van der Waals surface area contributed by atoms with Gasteiger partial charge in [0.25, 0.3) is 0 Å². The maximum Gasteiger partial charge on any atom is 0.141 e. The zero-order chi connectivity index (χ0) is 18.6. The number of hydrogen-bond acceptors (Lipinski definition) is 3. The first-order valence-corrected chi connectivity index (χ1v) is 9.50. The number of nitrogens with zero attached hydrogens (tertiary/aromatic N) is 2. The Balaban J connectivity index is 1.38. The summed E-state index contributed by atoms with van der Waals surface area (Å²) in [4.78, 5) is 19.0. The van der Waals surface area contributed by atoms with Crippen molar-refractivity contribution < 1.29 is 4.79 Å². The third kappa shape index (κ3) is 4.25. The molecular weight excluding hydrogens is 332 g/mol. The number of pyridine rings is 1. The number of aryl methyl sites for hydroxylation is 1. The van der Waals surface area contributed by atoms with Gasteiger partial charge in [-0.15, -0.1) is 0 Å². The number of fused-ring (bicyclic) bond motifs is 1. The molecule has 0 bridgehead atoms. The van der Waals surface area contributed by atoms with Gasteiger partial charge in [0.05, 0.1) is 0 Å². The molecule has 1 aliphatic heterocycles.